The first-order valence-electron chi connectivity index (χ1n) is 20.8. The highest BCUT2D eigenvalue weighted by Gasteiger charge is 2.53. The molecule has 0 atom stereocenters. The van der Waals surface area contributed by atoms with E-state index in [4.69, 9.17) is 0 Å². The Labute approximate surface area is 345 Å². The highest BCUT2D eigenvalue weighted by Crippen LogP contribution is 2.62. The van der Waals surface area contributed by atoms with E-state index >= 15 is 0 Å². The topological polar surface area (TPSA) is 3.24 Å². The molecule has 10 aromatic carbocycles. The standard InChI is InChI=1S/C58H41N/c1-57(2)51-30-13-14-31-52(51)58(49-28-11-9-25-46(49)47-26-10-12-29-50(47)58)53-34-33-40(36-54(53)57)39-20-15-21-42(35-39)59(55-32-16-19-38-17-3-6-23-44(38)55)56-37-41-18-4-5-22-43(41)45-24-7-8-27-48(45)56/h3-37H,1-2H3. The van der Waals surface area contributed by atoms with Crippen LogP contribution in [0.5, 0.6) is 0 Å². The second-order valence-electron chi connectivity index (χ2n) is 16.8. The van der Waals surface area contributed by atoms with E-state index in [9.17, 15) is 0 Å². The summed E-state index contributed by atoms with van der Waals surface area (Å²) in [5, 5.41) is 7.40. The molecule has 0 N–H and O–H groups in total. The Kier molecular flexibility index (Phi) is 7.26. The lowest BCUT2D eigenvalue weighted by atomic mass is 9.55. The van der Waals surface area contributed by atoms with Crippen LogP contribution in [0.2, 0.25) is 0 Å². The third kappa shape index (κ3) is 4.73. The third-order valence-corrected chi connectivity index (χ3v) is 13.5. The molecule has 1 nitrogen and oxygen atoms in total. The summed E-state index contributed by atoms with van der Waals surface area (Å²) in [4.78, 5) is 2.49. The van der Waals surface area contributed by atoms with Gasteiger partial charge in [0, 0.05) is 21.9 Å². The van der Waals surface area contributed by atoms with E-state index in [-0.39, 0.29) is 5.41 Å². The van der Waals surface area contributed by atoms with Gasteiger partial charge in [0.05, 0.1) is 16.8 Å². The van der Waals surface area contributed by atoms with Crippen LogP contribution in [0.4, 0.5) is 17.1 Å². The van der Waals surface area contributed by atoms with Gasteiger partial charge in [-0.25, -0.2) is 0 Å². The quantitative estimate of drug-likeness (QED) is 0.162. The van der Waals surface area contributed by atoms with Gasteiger partial charge < -0.3 is 4.90 Å². The lowest BCUT2D eigenvalue weighted by Crippen LogP contribution is -2.40. The summed E-state index contributed by atoms with van der Waals surface area (Å²) >= 11 is 0. The SMILES string of the molecule is CC1(C)c2ccccc2C2(c3ccccc3-c3ccccc32)c2ccc(-c3cccc(N(c4cccc5ccccc45)c4cc5ccccc5c5ccccc45)c3)cc21. The average Bonchev–Trinajstić information content (AvgIpc) is 3.59. The smallest absolute Gasteiger partial charge is 0.0719 e. The highest BCUT2D eigenvalue weighted by atomic mass is 15.1. The number of fused-ring (bicyclic) bond motifs is 13. The second-order valence-corrected chi connectivity index (χ2v) is 16.8. The maximum absolute atomic E-state index is 2.50. The van der Waals surface area contributed by atoms with Gasteiger partial charge in [0.2, 0.25) is 0 Å². The van der Waals surface area contributed by atoms with Crippen molar-refractivity contribution < 1.29 is 0 Å². The molecular formula is C58H41N. The molecule has 12 rings (SSSR count). The van der Waals surface area contributed by atoms with Crippen molar-refractivity contribution in [1.82, 2.24) is 0 Å². The Balaban J connectivity index is 1.09. The number of hydrogen-bond acceptors (Lipinski definition) is 1. The van der Waals surface area contributed by atoms with Crippen molar-refractivity contribution in [2.75, 3.05) is 4.90 Å². The van der Waals surface area contributed by atoms with Crippen molar-refractivity contribution in [2.24, 2.45) is 0 Å². The van der Waals surface area contributed by atoms with Crippen molar-refractivity contribution in [3.05, 3.63) is 246 Å². The Morgan fingerprint density at radius 1 is 0.322 bits per heavy atom. The molecule has 1 spiro atoms. The minimum absolute atomic E-state index is 0.226. The Morgan fingerprint density at radius 3 is 1.63 bits per heavy atom. The number of anilines is 3. The Morgan fingerprint density at radius 2 is 0.864 bits per heavy atom. The van der Waals surface area contributed by atoms with Crippen LogP contribution in [0.25, 0.3) is 54.6 Å². The lowest BCUT2D eigenvalue weighted by molar-refractivity contribution is 0.563. The van der Waals surface area contributed by atoms with Crippen LogP contribution < -0.4 is 4.90 Å². The maximum atomic E-state index is 2.50. The van der Waals surface area contributed by atoms with Gasteiger partial charge >= 0.3 is 0 Å². The fourth-order valence-corrected chi connectivity index (χ4v) is 10.9. The maximum Gasteiger partial charge on any atom is 0.0719 e. The van der Waals surface area contributed by atoms with Gasteiger partial charge in [0.1, 0.15) is 0 Å². The van der Waals surface area contributed by atoms with Crippen LogP contribution in [-0.4, -0.2) is 0 Å². The zero-order chi connectivity index (χ0) is 39.3. The van der Waals surface area contributed by atoms with Crippen molar-refractivity contribution in [3.8, 4) is 22.3 Å². The van der Waals surface area contributed by atoms with Crippen LogP contribution in [0, 0.1) is 0 Å². The van der Waals surface area contributed by atoms with Gasteiger partial charge in [-0.05, 0) is 108 Å². The molecule has 0 saturated heterocycles. The summed E-state index contributed by atoms with van der Waals surface area (Å²) in [6.45, 7) is 4.83. The van der Waals surface area contributed by atoms with Crippen LogP contribution >= 0.6 is 0 Å². The molecule has 2 aliphatic carbocycles. The minimum Gasteiger partial charge on any atom is -0.309 e. The van der Waals surface area contributed by atoms with Gasteiger partial charge in [-0.3, -0.25) is 0 Å². The summed E-state index contributed by atoms with van der Waals surface area (Å²) in [6, 6.07) is 79.3. The Bertz CT molecular complexity index is 3280. The predicted molar refractivity (Wildman–Crippen MR) is 249 cm³/mol. The monoisotopic (exact) mass is 751 g/mol. The fourth-order valence-electron chi connectivity index (χ4n) is 10.9. The van der Waals surface area contributed by atoms with Gasteiger partial charge in [-0.2, -0.15) is 0 Å². The van der Waals surface area contributed by atoms with Gasteiger partial charge in [0.15, 0.2) is 0 Å². The van der Waals surface area contributed by atoms with Crippen molar-refractivity contribution in [1.29, 1.82) is 0 Å². The molecule has 59 heavy (non-hydrogen) atoms. The molecule has 10 aromatic rings. The molecule has 0 amide bonds. The number of nitrogens with zero attached hydrogens (tertiary/aromatic N) is 1. The zero-order valence-electron chi connectivity index (χ0n) is 33.2. The number of hydrogen-bond donors (Lipinski definition) is 0. The molecule has 0 saturated carbocycles. The van der Waals surface area contributed by atoms with Crippen molar-refractivity contribution >= 4 is 49.4 Å². The highest BCUT2D eigenvalue weighted by molar-refractivity contribution is 6.15. The van der Waals surface area contributed by atoms with E-state index in [0.29, 0.717) is 0 Å². The van der Waals surface area contributed by atoms with Crippen molar-refractivity contribution in [3.63, 3.8) is 0 Å². The van der Waals surface area contributed by atoms with E-state index in [1.807, 2.05) is 0 Å². The second kappa shape index (κ2) is 12.6. The molecular weight excluding hydrogens is 711 g/mol. The van der Waals surface area contributed by atoms with Crippen LogP contribution in [0.3, 0.4) is 0 Å². The predicted octanol–water partition coefficient (Wildman–Crippen LogP) is 15.3. The van der Waals surface area contributed by atoms with E-state index in [1.165, 1.54) is 88.0 Å². The molecule has 0 heterocycles. The van der Waals surface area contributed by atoms with E-state index in [1.54, 1.807) is 0 Å². The van der Waals surface area contributed by atoms with Crippen molar-refractivity contribution in [2.45, 2.75) is 24.7 Å². The first-order valence-corrected chi connectivity index (χ1v) is 20.8. The average molecular weight is 752 g/mol. The number of benzene rings is 10. The molecule has 0 aliphatic heterocycles. The summed E-state index contributed by atoms with van der Waals surface area (Å²) in [5.41, 5.74) is 16.1. The molecule has 0 bridgehead atoms. The number of rotatable bonds is 4. The molecule has 0 aromatic heterocycles. The van der Waals surface area contributed by atoms with E-state index in [0.717, 1.165) is 17.1 Å². The first-order chi connectivity index (χ1) is 29.0. The molecule has 278 valence electrons. The lowest BCUT2D eigenvalue weighted by Gasteiger charge is -2.46. The van der Waals surface area contributed by atoms with Crippen LogP contribution in [-0.2, 0) is 10.8 Å². The fraction of sp³-hybridized carbons (Fsp3) is 0.0690. The van der Waals surface area contributed by atoms with Crippen LogP contribution in [0.1, 0.15) is 47.2 Å². The van der Waals surface area contributed by atoms with Gasteiger partial charge in [0.25, 0.3) is 0 Å². The zero-order valence-corrected chi connectivity index (χ0v) is 33.2. The molecule has 1 heteroatoms. The summed E-state index contributed by atoms with van der Waals surface area (Å²) in [5.74, 6) is 0. The van der Waals surface area contributed by atoms with Gasteiger partial charge in [-0.15, -0.1) is 0 Å². The molecule has 0 radical (unpaired) electrons. The van der Waals surface area contributed by atoms with E-state index in [2.05, 4.69) is 231 Å². The summed E-state index contributed by atoms with van der Waals surface area (Å²) in [7, 11) is 0. The Hall–Kier alpha value is -7.22. The summed E-state index contributed by atoms with van der Waals surface area (Å²) < 4.78 is 0. The normalized spacial score (nSPS) is 14.2. The first kappa shape index (κ1) is 33.9. The van der Waals surface area contributed by atoms with Gasteiger partial charge in [-0.1, -0.05) is 196 Å². The third-order valence-electron chi connectivity index (χ3n) is 13.5. The van der Waals surface area contributed by atoms with E-state index < -0.39 is 5.41 Å². The van der Waals surface area contributed by atoms with Crippen LogP contribution in [0.15, 0.2) is 212 Å². The molecule has 2 aliphatic rings. The molecule has 0 fully saturated rings. The molecule has 0 unspecified atom stereocenters. The largest absolute Gasteiger partial charge is 0.309 e. The summed E-state index contributed by atoms with van der Waals surface area (Å²) in [6.07, 6.45) is 0. The minimum atomic E-state index is -0.405.